The largest absolute Gasteiger partial charge is 0.354 e. The average molecular weight is 348 g/mol. The molecule has 0 aliphatic rings. The molecule has 8 nitrogen and oxygen atoms in total. The van der Waals surface area contributed by atoms with Crippen LogP contribution in [-0.4, -0.2) is 36.8 Å². The molecule has 4 rings (SSSR count). The molecule has 3 aromatic heterocycles. The Labute approximate surface area is 148 Å². The first-order chi connectivity index (χ1) is 12.7. The Morgan fingerprint density at radius 1 is 1.08 bits per heavy atom. The number of carbonyl (C=O) groups is 1. The van der Waals surface area contributed by atoms with Gasteiger partial charge in [0.25, 0.3) is 5.56 Å². The zero-order chi connectivity index (χ0) is 17.9. The minimum atomic E-state index is -0.276. The van der Waals surface area contributed by atoms with Gasteiger partial charge in [0.15, 0.2) is 5.65 Å². The van der Waals surface area contributed by atoms with Crippen molar-refractivity contribution in [2.24, 2.45) is 0 Å². The number of nitrogens with zero attached hydrogens (tertiary/aromatic N) is 5. The van der Waals surface area contributed by atoms with E-state index in [1.165, 1.54) is 4.68 Å². The Bertz CT molecular complexity index is 1150. The highest BCUT2D eigenvalue weighted by Gasteiger charge is 2.09. The molecule has 1 N–H and O–H groups in total. The molecule has 8 heteroatoms. The summed E-state index contributed by atoms with van der Waals surface area (Å²) in [5.41, 5.74) is 0.488. The van der Waals surface area contributed by atoms with Crippen LogP contribution < -0.4 is 10.9 Å². The minimum Gasteiger partial charge on any atom is -0.354 e. The third-order valence-corrected chi connectivity index (χ3v) is 4.11. The maximum Gasteiger partial charge on any atom is 0.275 e. The summed E-state index contributed by atoms with van der Waals surface area (Å²) in [6.45, 7) is 0.279. The van der Waals surface area contributed by atoms with Crippen LogP contribution >= 0.6 is 0 Å². The molecule has 0 bridgehead atoms. The Hall–Kier alpha value is -3.55. The van der Waals surface area contributed by atoms with Gasteiger partial charge in [-0.05, 0) is 18.2 Å². The van der Waals surface area contributed by atoms with Crippen LogP contribution in [0.2, 0.25) is 0 Å². The van der Waals surface area contributed by atoms with Crippen LogP contribution in [0.4, 0.5) is 0 Å². The average Bonchev–Trinajstić information content (AvgIpc) is 3.08. The molecule has 0 unspecified atom stereocenters. The van der Waals surface area contributed by atoms with Gasteiger partial charge in [-0.1, -0.05) is 24.3 Å². The number of rotatable bonds is 5. The van der Waals surface area contributed by atoms with Crippen LogP contribution in [0.25, 0.3) is 16.4 Å². The van der Waals surface area contributed by atoms with E-state index >= 15 is 0 Å². The Morgan fingerprint density at radius 2 is 1.92 bits per heavy atom. The third kappa shape index (κ3) is 3.04. The lowest BCUT2D eigenvalue weighted by molar-refractivity contribution is -0.121. The van der Waals surface area contributed by atoms with E-state index in [4.69, 9.17) is 0 Å². The third-order valence-electron chi connectivity index (χ3n) is 4.11. The maximum atomic E-state index is 12.4. The molecule has 4 aromatic rings. The van der Waals surface area contributed by atoms with Crippen molar-refractivity contribution in [2.45, 2.75) is 13.0 Å². The van der Waals surface area contributed by atoms with Gasteiger partial charge in [-0.15, -0.1) is 10.2 Å². The number of fused-ring (bicyclic) bond motifs is 2. The summed E-state index contributed by atoms with van der Waals surface area (Å²) in [7, 11) is 0. The summed E-state index contributed by atoms with van der Waals surface area (Å²) in [4.78, 5) is 24.5. The fourth-order valence-electron chi connectivity index (χ4n) is 2.81. The van der Waals surface area contributed by atoms with Gasteiger partial charge in [0.05, 0.1) is 11.6 Å². The molecule has 0 aliphatic carbocycles. The van der Waals surface area contributed by atoms with Crippen molar-refractivity contribution in [3.05, 3.63) is 71.0 Å². The second kappa shape index (κ2) is 6.75. The molecular formula is C18H16N6O2. The number of carbonyl (C=O) groups excluding carboxylic acids is 1. The summed E-state index contributed by atoms with van der Waals surface area (Å²) >= 11 is 0. The minimum absolute atomic E-state index is 0.121. The summed E-state index contributed by atoms with van der Waals surface area (Å²) in [5.74, 6) is 0.491. The van der Waals surface area contributed by atoms with E-state index in [0.29, 0.717) is 18.4 Å². The predicted molar refractivity (Wildman–Crippen MR) is 95.7 cm³/mol. The van der Waals surface area contributed by atoms with Gasteiger partial charge in [-0.25, -0.2) is 4.68 Å². The highest BCUT2D eigenvalue weighted by Crippen LogP contribution is 2.06. The maximum absolute atomic E-state index is 12.4. The monoisotopic (exact) mass is 348 g/mol. The molecule has 0 saturated carbocycles. The molecule has 26 heavy (non-hydrogen) atoms. The molecule has 3 heterocycles. The number of benzene rings is 1. The highest BCUT2D eigenvalue weighted by atomic mass is 16.2. The second-order valence-electron chi connectivity index (χ2n) is 5.84. The van der Waals surface area contributed by atoms with Crippen molar-refractivity contribution in [3.8, 4) is 0 Å². The summed E-state index contributed by atoms with van der Waals surface area (Å²) in [6, 6.07) is 12.8. The van der Waals surface area contributed by atoms with Crippen LogP contribution in [0.15, 0.2) is 59.7 Å². The van der Waals surface area contributed by atoms with E-state index < -0.39 is 0 Å². The summed E-state index contributed by atoms with van der Waals surface area (Å²) in [5, 5.41) is 16.3. The van der Waals surface area contributed by atoms with Crippen molar-refractivity contribution in [1.82, 2.24) is 29.7 Å². The van der Waals surface area contributed by atoms with Gasteiger partial charge in [-0.2, -0.15) is 5.10 Å². The first-order valence-electron chi connectivity index (χ1n) is 8.22. The lowest BCUT2D eigenvalue weighted by Crippen LogP contribution is -2.34. The SMILES string of the molecule is O=C(Cn1ncc2ccccc2c1=O)NCCc1nnc2ccccn12. The predicted octanol–water partition coefficient (Wildman–Crippen LogP) is 0.798. The number of hydrogen-bond acceptors (Lipinski definition) is 5. The number of pyridine rings is 1. The van der Waals surface area contributed by atoms with Crippen molar-refractivity contribution in [1.29, 1.82) is 0 Å². The molecule has 0 spiro atoms. The van der Waals surface area contributed by atoms with Crippen LogP contribution in [0.1, 0.15) is 5.82 Å². The van der Waals surface area contributed by atoms with Gasteiger partial charge < -0.3 is 5.32 Å². The molecule has 1 amide bonds. The molecule has 0 atom stereocenters. The molecule has 130 valence electrons. The number of hydrogen-bond donors (Lipinski definition) is 1. The fraction of sp³-hybridized carbons (Fsp3) is 0.167. The van der Waals surface area contributed by atoms with Gasteiger partial charge >= 0.3 is 0 Å². The van der Waals surface area contributed by atoms with Gasteiger partial charge in [-0.3, -0.25) is 14.0 Å². The Kier molecular flexibility index (Phi) is 4.14. The van der Waals surface area contributed by atoms with Gasteiger partial charge in [0.2, 0.25) is 5.91 Å². The number of aromatic nitrogens is 5. The first kappa shape index (κ1) is 15.9. The fourth-order valence-corrected chi connectivity index (χ4v) is 2.81. The van der Waals surface area contributed by atoms with Crippen molar-refractivity contribution in [3.63, 3.8) is 0 Å². The lowest BCUT2D eigenvalue weighted by Gasteiger charge is -2.07. The van der Waals surface area contributed by atoms with Gasteiger partial charge in [0.1, 0.15) is 12.4 Å². The number of nitrogens with one attached hydrogen (secondary N) is 1. The van der Waals surface area contributed by atoms with E-state index in [2.05, 4.69) is 20.6 Å². The van der Waals surface area contributed by atoms with Crippen molar-refractivity contribution < 1.29 is 4.79 Å². The first-order valence-corrected chi connectivity index (χ1v) is 8.22. The second-order valence-corrected chi connectivity index (χ2v) is 5.84. The summed E-state index contributed by atoms with van der Waals surface area (Å²) in [6.07, 6.45) is 4.01. The van der Waals surface area contributed by atoms with E-state index in [0.717, 1.165) is 16.9 Å². The number of amides is 1. The molecule has 0 radical (unpaired) electrons. The quantitative estimate of drug-likeness (QED) is 0.576. The van der Waals surface area contributed by atoms with E-state index in [-0.39, 0.29) is 18.0 Å². The Balaban J connectivity index is 1.40. The Morgan fingerprint density at radius 3 is 2.85 bits per heavy atom. The standard InChI is InChI=1S/C18H16N6O2/c25-17(12-24-18(26)14-6-2-1-5-13(14)11-20-24)19-9-8-16-22-21-15-7-3-4-10-23(15)16/h1-7,10-11H,8-9,12H2,(H,19,25). The molecular weight excluding hydrogens is 332 g/mol. The lowest BCUT2D eigenvalue weighted by atomic mass is 10.2. The van der Waals surface area contributed by atoms with Gasteiger partial charge in [0, 0.05) is 24.5 Å². The van der Waals surface area contributed by atoms with E-state index in [1.807, 2.05) is 40.9 Å². The molecule has 1 aromatic carbocycles. The van der Waals surface area contributed by atoms with Crippen LogP contribution in [-0.2, 0) is 17.8 Å². The van der Waals surface area contributed by atoms with Crippen molar-refractivity contribution >= 4 is 22.3 Å². The van der Waals surface area contributed by atoms with Crippen LogP contribution in [0.5, 0.6) is 0 Å². The zero-order valence-electron chi connectivity index (χ0n) is 13.9. The topological polar surface area (TPSA) is 94.2 Å². The van der Waals surface area contributed by atoms with E-state index in [1.54, 1.807) is 18.3 Å². The van der Waals surface area contributed by atoms with Crippen molar-refractivity contribution in [2.75, 3.05) is 6.54 Å². The van der Waals surface area contributed by atoms with Crippen LogP contribution in [0.3, 0.4) is 0 Å². The highest BCUT2D eigenvalue weighted by molar-refractivity contribution is 5.81. The molecule has 0 aliphatic heterocycles. The van der Waals surface area contributed by atoms with E-state index in [9.17, 15) is 9.59 Å². The smallest absolute Gasteiger partial charge is 0.275 e. The van der Waals surface area contributed by atoms with Crippen LogP contribution in [0, 0.1) is 0 Å². The molecule has 0 fully saturated rings. The molecule has 0 saturated heterocycles. The normalized spacial score (nSPS) is 11.1. The zero-order valence-corrected chi connectivity index (χ0v) is 13.9. The summed E-state index contributed by atoms with van der Waals surface area (Å²) < 4.78 is 3.05.